The number of carbonyl (C=O) groups excluding carboxylic acids is 1. The lowest BCUT2D eigenvalue weighted by atomic mass is 10.0. The fourth-order valence-electron chi connectivity index (χ4n) is 1.83. The number of anilines is 1. The van der Waals surface area contributed by atoms with Crippen LogP contribution in [0.5, 0.6) is 0 Å². The molecule has 0 saturated carbocycles. The number of hydrogen-bond donors (Lipinski definition) is 2. The number of nitrogen functional groups attached to an aromatic ring is 1. The largest absolute Gasteiger partial charge is 0.399 e. The van der Waals surface area contributed by atoms with E-state index in [0.717, 1.165) is 0 Å². The fourth-order valence-corrected chi connectivity index (χ4v) is 2.55. The van der Waals surface area contributed by atoms with Crippen LogP contribution >= 0.6 is 11.3 Å². The maximum Gasteiger partial charge on any atom is 0.282 e. The number of nitrogens with zero attached hydrogens (tertiary/aromatic N) is 2. The summed E-state index contributed by atoms with van der Waals surface area (Å²) in [7, 11) is 0. The highest BCUT2D eigenvalue weighted by molar-refractivity contribution is 7.09. The zero-order valence-electron chi connectivity index (χ0n) is 11.5. The van der Waals surface area contributed by atoms with Gasteiger partial charge in [0, 0.05) is 23.3 Å². The summed E-state index contributed by atoms with van der Waals surface area (Å²) in [5.41, 5.74) is 4.82. The lowest BCUT2D eigenvalue weighted by Gasteiger charge is -2.23. The van der Waals surface area contributed by atoms with Gasteiger partial charge in [0.1, 0.15) is 10.6 Å². The van der Waals surface area contributed by atoms with E-state index in [0.29, 0.717) is 5.01 Å². The van der Waals surface area contributed by atoms with Crippen molar-refractivity contribution in [3.63, 3.8) is 0 Å². The third-order valence-electron chi connectivity index (χ3n) is 2.85. The van der Waals surface area contributed by atoms with E-state index in [1.165, 1.54) is 29.5 Å². The second kappa shape index (κ2) is 5.49. The van der Waals surface area contributed by atoms with Gasteiger partial charge in [0.15, 0.2) is 0 Å². The Hall–Kier alpha value is -2.48. The number of thiazole rings is 1. The van der Waals surface area contributed by atoms with E-state index in [2.05, 4.69) is 10.3 Å². The topological polar surface area (TPSA) is 111 Å². The number of nitro benzene ring substituents is 1. The van der Waals surface area contributed by atoms with Crippen molar-refractivity contribution >= 4 is 28.6 Å². The van der Waals surface area contributed by atoms with Crippen molar-refractivity contribution in [2.45, 2.75) is 19.4 Å². The van der Waals surface area contributed by atoms with Gasteiger partial charge in [0.25, 0.3) is 11.6 Å². The number of nitrogens with two attached hydrogens (primary N) is 1. The van der Waals surface area contributed by atoms with Crippen LogP contribution in [-0.2, 0) is 5.54 Å². The minimum atomic E-state index is -0.732. The molecule has 0 aliphatic rings. The highest BCUT2D eigenvalue weighted by Gasteiger charge is 2.29. The lowest BCUT2D eigenvalue weighted by molar-refractivity contribution is -0.385. The van der Waals surface area contributed by atoms with Gasteiger partial charge in [-0.25, -0.2) is 4.98 Å². The van der Waals surface area contributed by atoms with Gasteiger partial charge in [-0.05, 0) is 26.0 Å². The normalized spacial score (nSPS) is 11.1. The first-order chi connectivity index (χ1) is 9.81. The third-order valence-corrected chi connectivity index (χ3v) is 3.95. The molecule has 0 radical (unpaired) electrons. The lowest BCUT2D eigenvalue weighted by Crippen LogP contribution is -2.41. The number of hydrogen-bond acceptors (Lipinski definition) is 6. The number of rotatable bonds is 4. The van der Waals surface area contributed by atoms with E-state index < -0.39 is 16.4 Å². The number of nitro groups is 1. The first kappa shape index (κ1) is 14.9. The van der Waals surface area contributed by atoms with Crippen molar-refractivity contribution in [1.29, 1.82) is 0 Å². The molecule has 21 heavy (non-hydrogen) atoms. The molecule has 3 N–H and O–H groups in total. The van der Waals surface area contributed by atoms with Crippen molar-refractivity contribution in [1.82, 2.24) is 10.3 Å². The first-order valence-electron chi connectivity index (χ1n) is 6.07. The van der Waals surface area contributed by atoms with Gasteiger partial charge in [0.05, 0.1) is 10.5 Å². The molecule has 0 bridgehead atoms. The summed E-state index contributed by atoms with van der Waals surface area (Å²) in [5.74, 6) is -0.561. The van der Waals surface area contributed by atoms with Crippen LogP contribution in [0.1, 0.15) is 29.2 Å². The molecule has 0 saturated heterocycles. The number of aromatic nitrogens is 1. The van der Waals surface area contributed by atoms with Crippen molar-refractivity contribution in [2.24, 2.45) is 0 Å². The van der Waals surface area contributed by atoms with Crippen molar-refractivity contribution in [2.75, 3.05) is 5.73 Å². The molecular formula is C13H14N4O3S. The highest BCUT2D eigenvalue weighted by Crippen LogP contribution is 2.25. The maximum absolute atomic E-state index is 12.3. The Balaban J connectivity index is 2.33. The monoisotopic (exact) mass is 306 g/mol. The van der Waals surface area contributed by atoms with Crippen molar-refractivity contribution in [3.8, 4) is 0 Å². The van der Waals surface area contributed by atoms with Crippen LogP contribution in [0, 0.1) is 10.1 Å². The average Bonchev–Trinajstić information content (AvgIpc) is 2.92. The molecule has 0 spiro atoms. The van der Waals surface area contributed by atoms with E-state index in [1.54, 1.807) is 25.4 Å². The molecule has 1 aromatic heterocycles. The molecule has 1 amide bonds. The zero-order chi connectivity index (χ0) is 15.6. The van der Waals surface area contributed by atoms with E-state index in [4.69, 9.17) is 5.73 Å². The molecule has 2 rings (SSSR count). The van der Waals surface area contributed by atoms with E-state index in [9.17, 15) is 14.9 Å². The fraction of sp³-hybridized carbons (Fsp3) is 0.231. The molecule has 2 aromatic rings. The Morgan fingerprint density at radius 3 is 2.76 bits per heavy atom. The summed E-state index contributed by atoms with van der Waals surface area (Å²) in [4.78, 5) is 26.9. The molecule has 0 fully saturated rings. The van der Waals surface area contributed by atoms with E-state index >= 15 is 0 Å². The van der Waals surface area contributed by atoms with Crippen molar-refractivity contribution in [3.05, 3.63) is 50.5 Å². The minimum absolute atomic E-state index is 0.0652. The van der Waals surface area contributed by atoms with Crippen LogP contribution in [-0.4, -0.2) is 15.8 Å². The third kappa shape index (κ3) is 3.16. The highest BCUT2D eigenvalue weighted by atomic mass is 32.1. The SMILES string of the molecule is CC(C)(NC(=O)c1cc(N)ccc1[N+](=O)[O-])c1nccs1. The second-order valence-electron chi connectivity index (χ2n) is 4.95. The van der Waals surface area contributed by atoms with Gasteiger partial charge in [-0.3, -0.25) is 14.9 Å². The Labute approximate surface area is 125 Å². The number of benzene rings is 1. The standard InChI is InChI=1S/C13H14N4O3S/c1-13(2,12-15-5-6-21-12)16-11(18)9-7-8(14)3-4-10(9)17(19)20/h3-7H,14H2,1-2H3,(H,16,18). The molecule has 0 unspecified atom stereocenters. The average molecular weight is 306 g/mol. The Kier molecular flexibility index (Phi) is 3.90. The molecule has 1 aromatic carbocycles. The molecule has 8 heteroatoms. The predicted molar refractivity (Wildman–Crippen MR) is 80.1 cm³/mol. The summed E-state index contributed by atoms with van der Waals surface area (Å²) in [6.45, 7) is 3.56. The molecule has 0 aliphatic heterocycles. The van der Waals surface area contributed by atoms with Crippen LogP contribution in [0.25, 0.3) is 0 Å². The quantitative estimate of drug-likeness (QED) is 0.511. The zero-order valence-corrected chi connectivity index (χ0v) is 12.3. The Morgan fingerprint density at radius 2 is 2.19 bits per heavy atom. The number of carbonyl (C=O) groups is 1. The second-order valence-corrected chi connectivity index (χ2v) is 5.84. The minimum Gasteiger partial charge on any atom is -0.399 e. The van der Waals surface area contributed by atoms with E-state index in [1.807, 2.05) is 0 Å². The van der Waals surface area contributed by atoms with Crippen LogP contribution in [0.15, 0.2) is 29.8 Å². The molecule has 1 heterocycles. The van der Waals surface area contributed by atoms with Crippen LogP contribution < -0.4 is 11.1 Å². The summed E-state index contributed by atoms with van der Waals surface area (Å²) in [6.07, 6.45) is 1.64. The Bertz CT molecular complexity index is 683. The predicted octanol–water partition coefficient (Wildman–Crippen LogP) is 2.30. The molecule has 0 atom stereocenters. The van der Waals surface area contributed by atoms with Gasteiger partial charge in [-0.15, -0.1) is 11.3 Å². The molecular weight excluding hydrogens is 292 g/mol. The van der Waals surface area contributed by atoms with Crippen LogP contribution in [0.2, 0.25) is 0 Å². The summed E-state index contributed by atoms with van der Waals surface area (Å²) in [6, 6.07) is 3.91. The van der Waals surface area contributed by atoms with Crippen LogP contribution in [0.3, 0.4) is 0 Å². The van der Waals surface area contributed by atoms with Crippen LogP contribution in [0.4, 0.5) is 11.4 Å². The van der Waals surface area contributed by atoms with Gasteiger partial charge in [0.2, 0.25) is 0 Å². The molecule has 110 valence electrons. The maximum atomic E-state index is 12.3. The van der Waals surface area contributed by atoms with Crippen molar-refractivity contribution < 1.29 is 9.72 Å². The number of nitrogens with one attached hydrogen (secondary N) is 1. The summed E-state index contributed by atoms with van der Waals surface area (Å²) in [5, 5.41) is 16.3. The smallest absolute Gasteiger partial charge is 0.282 e. The van der Waals surface area contributed by atoms with Gasteiger partial charge in [-0.2, -0.15) is 0 Å². The Morgan fingerprint density at radius 1 is 1.48 bits per heavy atom. The first-order valence-corrected chi connectivity index (χ1v) is 6.95. The van der Waals surface area contributed by atoms with E-state index in [-0.39, 0.29) is 16.9 Å². The number of amides is 1. The summed E-state index contributed by atoms with van der Waals surface area (Å²) >= 11 is 1.40. The molecule has 0 aliphatic carbocycles. The molecule has 7 nitrogen and oxygen atoms in total. The van der Waals surface area contributed by atoms with Gasteiger partial charge >= 0.3 is 0 Å². The van der Waals surface area contributed by atoms with Gasteiger partial charge in [-0.1, -0.05) is 0 Å². The summed E-state index contributed by atoms with van der Waals surface area (Å²) < 4.78 is 0. The van der Waals surface area contributed by atoms with Gasteiger partial charge < -0.3 is 11.1 Å².